The number of halogens is 1. The summed E-state index contributed by atoms with van der Waals surface area (Å²) in [5.41, 5.74) is 3.37. The Morgan fingerprint density at radius 3 is 2.56 bits per heavy atom. The maximum absolute atomic E-state index is 13.7. The van der Waals surface area contributed by atoms with Crippen LogP contribution in [0, 0.1) is 6.92 Å². The van der Waals surface area contributed by atoms with E-state index in [9.17, 15) is 14.7 Å². The number of fused-ring (bicyclic) bond motifs is 1. The van der Waals surface area contributed by atoms with Gasteiger partial charge in [-0.2, -0.15) is 9.78 Å². The Morgan fingerprint density at radius 2 is 1.87 bits per heavy atom. The summed E-state index contributed by atoms with van der Waals surface area (Å²) in [6.45, 7) is 10.1. The fraction of sp³-hybridized carbons (Fsp3) is 0.267. The molecule has 1 atom stereocenters. The van der Waals surface area contributed by atoms with Gasteiger partial charge >= 0.3 is 5.97 Å². The summed E-state index contributed by atoms with van der Waals surface area (Å²) in [6, 6.07) is 16.3. The Morgan fingerprint density at radius 1 is 1.13 bits per heavy atom. The van der Waals surface area contributed by atoms with Crippen molar-refractivity contribution in [3.05, 3.63) is 86.1 Å². The van der Waals surface area contributed by atoms with Crippen molar-refractivity contribution in [1.29, 1.82) is 0 Å². The molecule has 3 aromatic carbocycles. The molecule has 4 aromatic rings. The van der Waals surface area contributed by atoms with Crippen molar-refractivity contribution in [1.82, 2.24) is 9.66 Å². The number of hydrogen-bond donors (Lipinski definition) is 1. The normalized spacial score (nSPS) is 12.3. The Kier molecular flexibility index (Phi) is 8.50. The van der Waals surface area contributed by atoms with E-state index < -0.39 is 12.1 Å². The average Bonchev–Trinajstić information content (AvgIpc) is 2.89. The van der Waals surface area contributed by atoms with Crippen LogP contribution in [0.3, 0.4) is 0 Å². The van der Waals surface area contributed by atoms with E-state index in [1.807, 2.05) is 32.0 Å². The monoisotopic (exact) mass is 591 g/mol. The van der Waals surface area contributed by atoms with E-state index >= 15 is 0 Å². The number of aliphatic carboxylic acids is 1. The van der Waals surface area contributed by atoms with Gasteiger partial charge in [0, 0.05) is 15.6 Å². The minimum Gasteiger partial charge on any atom is -0.494 e. The number of rotatable bonds is 9. The second-order valence-electron chi connectivity index (χ2n) is 9.39. The van der Waals surface area contributed by atoms with E-state index in [1.54, 1.807) is 36.4 Å². The van der Waals surface area contributed by atoms with Gasteiger partial charge in [-0.05, 0) is 80.3 Å². The van der Waals surface area contributed by atoms with Crippen molar-refractivity contribution < 1.29 is 19.4 Å². The third-order valence-corrected chi connectivity index (χ3v) is 6.70. The van der Waals surface area contributed by atoms with Crippen LogP contribution < -0.4 is 15.0 Å². The predicted octanol–water partition coefficient (Wildman–Crippen LogP) is 6.39. The van der Waals surface area contributed by atoms with Crippen LogP contribution in [-0.2, 0) is 4.79 Å². The molecule has 0 fully saturated rings. The largest absolute Gasteiger partial charge is 0.494 e. The number of para-hydroxylation sites is 1. The number of ether oxygens (including phenoxy) is 2. The molecule has 9 heteroatoms. The number of nitrogens with zero attached hydrogens (tertiary/aromatic N) is 3. The molecule has 202 valence electrons. The summed E-state index contributed by atoms with van der Waals surface area (Å²) in [4.78, 5) is 30.0. The Bertz CT molecular complexity index is 1630. The lowest BCUT2D eigenvalue weighted by Gasteiger charge is -2.18. The number of aromatic nitrogens is 2. The number of carboxylic acid groups (broad SMARTS) is 1. The Hall–Kier alpha value is -3.98. The smallest absolute Gasteiger partial charge is 0.344 e. The lowest BCUT2D eigenvalue weighted by molar-refractivity contribution is -0.144. The fourth-order valence-corrected chi connectivity index (χ4v) is 4.54. The molecular formula is C30H30BrN3O5. The van der Waals surface area contributed by atoms with E-state index in [2.05, 4.69) is 34.9 Å². The molecule has 0 unspecified atom stereocenters. The topological polar surface area (TPSA) is 103 Å². The summed E-state index contributed by atoms with van der Waals surface area (Å²) in [5.74, 6) is 0.585. The zero-order valence-corrected chi connectivity index (χ0v) is 24.0. The highest BCUT2D eigenvalue weighted by atomic mass is 79.9. The summed E-state index contributed by atoms with van der Waals surface area (Å²) in [5, 5.41) is 14.3. The van der Waals surface area contributed by atoms with E-state index in [-0.39, 0.29) is 11.5 Å². The highest BCUT2D eigenvalue weighted by Crippen LogP contribution is 2.34. The maximum atomic E-state index is 13.7. The van der Waals surface area contributed by atoms with Gasteiger partial charge in [0.25, 0.3) is 5.56 Å². The first kappa shape index (κ1) is 28.0. The number of benzene rings is 3. The number of hydrogen-bond acceptors (Lipinski definition) is 6. The molecule has 1 aromatic heterocycles. The summed E-state index contributed by atoms with van der Waals surface area (Å²) in [7, 11) is 0. The van der Waals surface area contributed by atoms with Crippen molar-refractivity contribution in [2.24, 2.45) is 5.10 Å². The van der Waals surface area contributed by atoms with Crippen LogP contribution in [0.2, 0.25) is 0 Å². The van der Waals surface area contributed by atoms with Crippen LogP contribution in [0.15, 0.2) is 69.0 Å². The lowest BCUT2D eigenvalue weighted by atomic mass is 9.96. The fourth-order valence-electron chi connectivity index (χ4n) is 4.16. The highest BCUT2D eigenvalue weighted by Gasteiger charge is 2.19. The van der Waals surface area contributed by atoms with Crippen LogP contribution in [0.5, 0.6) is 11.5 Å². The van der Waals surface area contributed by atoms with E-state index in [1.165, 1.54) is 17.8 Å². The number of carbonyl (C=O) groups is 1. The van der Waals surface area contributed by atoms with Gasteiger partial charge in [-0.1, -0.05) is 41.9 Å². The van der Waals surface area contributed by atoms with Gasteiger partial charge in [-0.3, -0.25) is 4.79 Å². The average molecular weight is 592 g/mol. The van der Waals surface area contributed by atoms with Crippen molar-refractivity contribution in [2.45, 2.75) is 46.6 Å². The van der Waals surface area contributed by atoms with Gasteiger partial charge in [-0.15, -0.1) is 0 Å². The van der Waals surface area contributed by atoms with Crippen molar-refractivity contribution in [3.63, 3.8) is 0 Å². The molecular weight excluding hydrogens is 562 g/mol. The molecule has 8 nitrogen and oxygen atoms in total. The predicted molar refractivity (Wildman–Crippen MR) is 156 cm³/mol. The molecule has 0 amide bonds. The minimum absolute atomic E-state index is 0.174. The quantitative estimate of drug-likeness (QED) is 0.226. The first-order valence-electron chi connectivity index (χ1n) is 12.6. The van der Waals surface area contributed by atoms with Gasteiger partial charge < -0.3 is 14.6 Å². The molecule has 0 saturated heterocycles. The van der Waals surface area contributed by atoms with Gasteiger partial charge in [0.2, 0.25) is 0 Å². The van der Waals surface area contributed by atoms with Gasteiger partial charge in [0.15, 0.2) is 11.9 Å². The van der Waals surface area contributed by atoms with Crippen LogP contribution in [0.1, 0.15) is 50.3 Å². The number of carboxylic acids is 1. The summed E-state index contributed by atoms with van der Waals surface area (Å²) >= 11 is 3.44. The lowest BCUT2D eigenvalue weighted by Crippen LogP contribution is -2.23. The Balaban J connectivity index is 1.94. The van der Waals surface area contributed by atoms with Crippen molar-refractivity contribution in [2.75, 3.05) is 6.61 Å². The molecule has 0 spiro atoms. The number of aryl methyl sites for hydroxylation is 1. The van der Waals surface area contributed by atoms with Crippen LogP contribution in [0.25, 0.3) is 22.3 Å². The minimum atomic E-state index is -1.09. The zero-order chi connectivity index (χ0) is 28.3. The van der Waals surface area contributed by atoms with Gasteiger partial charge in [-0.25, -0.2) is 9.78 Å². The molecule has 4 rings (SSSR count). The molecule has 0 saturated carbocycles. The van der Waals surface area contributed by atoms with Crippen LogP contribution in [0.4, 0.5) is 0 Å². The highest BCUT2D eigenvalue weighted by molar-refractivity contribution is 9.10. The first-order valence-corrected chi connectivity index (χ1v) is 13.4. The van der Waals surface area contributed by atoms with Gasteiger partial charge in [0.1, 0.15) is 11.5 Å². The third-order valence-electron chi connectivity index (χ3n) is 6.21. The third kappa shape index (κ3) is 6.04. The second-order valence-corrected chi connectivity index (χ2v) is 10.3. The van der Waals surface area contributed by atoms with Crippen LogP contribution in [-0.4, -0.2) is 39.7 Å². The SMILES string of the molecule is CCOc1cc(C)c(-c2nc3ccccc3c(=O)n2N=Cc2cc(Br)ccc2O[C@@H](C)C(=O)O)cc1C(C)C. The molecule has 1 heterocycles. The maximum Gasteiger partial charge on any atom is 0.344 e. The summed E-state index contributed by atoms with van der Waals surface area (Å²) < 4.78 is 13.5. The second kappa shape index (κ2) is 11.8. The molecule has 1 N–H and O–H groups in total. The standard InChI is InChI=1S/C30H30BrN3O5/c1-6-38-27-13-18(4)24(15-23(27)17(2)3)28-33-25-10-8-7-9-22(25)29(35)34(28)32-16-20-14-21(31)11-12-26(20)39-19(5)30(36)37/h7-17,19H,6H2,1-5H3,(H,36,37)/t19-/m0/s1. The molecule has 0 aliphatic rings. The molecule has 0 aliphatic heterocycles. The van der Waals surface area contributed by atoms with Gasteiger partial charge in [0.05, 0.1) is 23.7 Å². The van der Waals surface area contributed by atoms with Crippen molar-refractivity contribution in [3.8, 4) is 22.9 Å². The Labute approximate surface area is 235 Å². The van der Waals surface area contributed by atoms with E-state index in [0.29, 0.717) is 34.6 Å². The van der Waals surface area contributed by atoms with Crippen molar-refractivity contribution >= 4 is 39.0 Å². The first-order chi connectivity index (χ1) is 18.6. The molecule has 0 bridgehead atoms. The summed E-state index contributed by atoms with van der Waals surface area (Å²) in [6.07, 6.45) is 0.406. The van der Waals surface area contributed by atoms with E-state index in [0.717, 1.165) is 26.9 Å². The molecule has 0 radical (unpaired) electrons. The molecule has 39 heavy (non-hydrogen) atoms. The molecule has 0 aliphatic carbocycles. The van der Waals surface area contributed by atoms with Crippen LogP contribution >= 0.6 is 15.9 Å². The zero-order valence-electron chi connectivity index (χ0n) is 22.4. The van der Waals surface area contributed by atoms with E-state index in [4.69, 9.17) is 14.5 Å².